The van der Waals surface area contributed by atoms with Crippen LogP contribution in [0.25, 0.3) is 0 Å². The van der Waals surface area contributed by atoms with Crippen molar-refractivity contribution in [2.75, 3.05) is 6.54 Å². The Labute approximate surface area is 366 Å². The molecule has 0 aromatic rings. The summed E-state index contributed by atoms with van der Waals surface area (Å²) in [6.07, 6.45) is -17.5. The lowest BCUT2D eigenvalue weighted by Gasteiger charge is -2.39. The van der Waals surface area contributed by atoms with E-state index in [9.17, 15) is 124 Å². The second-order valence-corrected chi connectivity index (χ2v) is 15.8. The van der Waals surface area contributed by atoms with Crippen LogP contribution in [0.2, 0.25) is 0 Å². The van der Waals surface area contributed by atoms with Crippen LogP contribution in [0, 0.1) is 0 Å². The zero-order valence-corrected chi connectivity index (χ0v) is 35.1. The summed E-state index contributed by atoms with van der Waals surface area (Å²) in [5.41, 5.74) is 0. The number of carbonyl (C=O) groups excluding carboxylic acids is 2. The Morgan fingerprint density at radius 3 is 0.896 bits per heavy atom. The molecule has 0 aliphatic carbocycles. The van der Waals surface area contributed by atoms with Crippen molar-refractivity contribution in [3.8, 4) is 0 Å². The standard InChI is InChI=1S/C37H48F26N2O2/c1-23(65-24(66)19-15-11-7-3-5-9-13-17-21-27(40,41)29(44,45)31(48,49)33(52,53)35(56,57)37(61,62)63)25(67)64-22-18-14-10-6-2-4-8-12-16-20-26(38,39)28(42,43)30(46,47)32(50,51)34(54,55)36(58,59)60/h23H,2-22H2,1H3,(H,64,67)(H,65,66). The van der Waals surface area contributed by atoms with Gasteiger partial charge >= 0.3 is 71.6 Å². The number of hydrogen-bond acceptors (Lipinski definition) is 2. The van der Waals surface area contributed by atoms with Crippen LogP contribution in [-0.4, -0.2) is 96.0 Å². The zero-order chi connectivity index (χ0) is 53.0. The van der Waals surface area contributed by atoms with Gasteiger partial charge in [-0.2, -0.15) is 114 Å². The molecule has 0 saturated heterocycles. The highest BCUT2D eigenvalue weighted by Crippen LogP contribution is 2.62. The summed E-state index contributed by atoms with van der Waals surface area (Å²) in [5, 5.41) is 5.00. The molecular weight excluding hydrogens is 998 g/mol. The summed E-state index contributed by atoms with van der Waals surface area (Å²) < 4.78 is 343. The maximum Gasteiger partial charge on any atom is 0.460 e. The first-order chi connectivity index (χ1) is 29.9. The number of amides is 2. The largest absolute Gasteiger partial charge is 0.460 e. The van der Waals surface area contributed by atoms with Gasteiger partial charge in [0.1, 0.15) is 6.04 Å². The van der Waals surface area contributed by atoms with E-state index in [-0.39, 0.29) is 51.5 Å². The number of alkyl halides is 26. The van der Waals surface area contributed by atoms with E-state index in [2.05, 4.69) is 10.6 Å². The number of carbonyl (C=O) groups is 2. The Hall–Kier alpha value is -2.88. The van der Waals surface area contributed by atoms with E-state index >= 15 is 0 Å². The second kappa shape index (κ2) is 23.8. The van der Waals surface area contributed by atoms with Gasteiger partial charge in [-0.25, -0.2) is 0 Å². The molecule has 0 aromatic heterocycles. The Morgan fingerprint density at radius 1 is 0.343 bits per heavy atom. The number of rotatable bonds is 33. The smallest absolute Gasteiger partial charge is 0.354 e. The molecule has 67 heavy (non-hydrogen) atoms. The lowest BCUT2D eigenvalue weighted by molar-refractivity contribution is -0.440. The maximum atomic E-state index is 13.9. The Balaban J connectivity index is 4.29. The van der Waals surface area contributed by atoms with Crippen LogP contribution >= 0.6 is 0 Å². The molecule has 0 rings (SSSR count). The van der Waals surface area contributed by atoms with Gasteiger partial charge in [-0.1, -0.05) is 83.5 Å². The van der Waals surface area contributed by atoms with Crippen molar-refractivity contribution in [2.45, 2.75) is 213 Å². The monoisotopic (exact) mass is 1050 g/mol. The molecule has 2 amide bonds. The highest BCUT2D eigenvalue weighted by Gasteiger charge is 2.92. The van der Waals surface area contributed by atoms with Gasteiger partial charge in [-0.15, -0.1) is 0 Å². The van der Waals surface area contributed by atoms with Crippen LogP contribution < -0.4 is 10.6 Å². The van der Waals surface area contributed by atoms with Gasteiger partial charge in [-0.05, 0) is 32.6 Å². The van der Waals surface area contributed by atoms with Crippen molar-refractivity contribution in [3.05, 3.63) is 0 Å². The summed E-state index contributed by atoms with van der Waals surface area (Å²) in [6.45, 7) is 1.55. The Bertz CT molecular complexity index is 1510. The van der Waals surface area contributed by atoms with Crippen LogP contribution in [0.15, 0.2) is 0 Å². The van der Waals surface area contributed by atoms with Crippen molar-refractivity contribution in [1.82, 2.24) is 10.6 Å². The summed E-state index contributed by atoms with van der Waals surface area (Å²) >= 11 is 0. The lowest BCUT2D eigenvalue weighted by Crippen LogP contribution is -2.70. The fourth-order valence-corrected chi connectivity index (χ4v) is 6.06. The normalized spacial score (nSPS) is 15.2. The molecule has 0 radical (unpaired) electrons. The average molecular weight is 1050 g/mol. The van der Waals surface area contributed by atoms with Crippen LogP contribution in [0.3, 0.4) is 0 Å². The first-order valence-corrected chi connectivity index (χ1v) is 20.4. The van der Waals surface area contributed by atoms with Crippen LogP contribution in [0.4, 0.5) is 114 Å². The molecule has 0 aliphatic heterocycles. The summed E-state index contributed by atoms with van der Waals surface area (Å²) in [6, 6.07) is -0.967. The van der Waals surface area contributed by atoms with E-state index in [0.717, 1.165) is 0 Å². The van der Waals surface area contributed by atoms with Gasteiger partial charge in [0.05, 0.1) is 0 Å². The van der Waals surface area contributed by atoms with Crippen molar-refractivity contribution in [2.24, 2.45) is 0 Å². The molecule has 1 atom stereocenters. The molecule has 0 spiro atoms. The van der Waals surface area contributed by atoms with E-state index in [1.54, 1.807) is 0 Å². The van der Waals surface area contributed by atoms with Crippen LogP contribution in [-0.2, 0) is 9.59 Å². The fraction of sp³-hybridized carbons (Fsp3) is 0.946. The van der Waals surface area contributed by atoms with Gasteiger partial charge in [0.25, 0.3) is 0 Å². The van der Waals surface area contributed by atoms with E-state index in [1.165, 1.54) is 6.92 Å². The summed E-state index contributed by atoms with van der Waals surface area (Å²) in [5.74, 6) is -74.9. The highest BCUT2D eigenvalue weighted by molar-refractivity contribution is 5.87. The highest BCUT2D eigenvalue weighted by atomic mass is 19.4. The third-order valence-corrected chi connectivity index (χ3v) is 10.4. The van der Waals surface area contributed by atoms with Gasteiger partial charge < -0.3 is 10.6 Å². The summed E-state index contributed by atoms with van der Waals surface area (Å²) in [4.78, 5) is 24.4. The topological polar surface area (TPSA) is 58.2 Å². The SMILES string of the molecule is CC(NC(=O)CCCCCCCCCCC(F)(F)C(F)(F)C(F)(F)C(F)(F)C(F)(F)C(F)(F)F)C(=O)NCCCCCCCCCCCC(F)(F)C(F)(F)C(F)(F)C(F)(F)C(F)(F)C(F)(F)F. The van der Waals surface area contributed by atoms with Crippen LogP contribution in [0.1, 0.15) is 135 Å². The Morgan fingerprint density at radius 2 is 0.597 bits per heavy atom. The molecule has 0 fully saturated rings. The van der Waals surface area contributed by atoms with Crippen LogP contribution in [0.5, 0.6) is 0 Å². The number of halogens is 26. The molecule has 2 N–H and O–H groups in total. The first-order valence-electron chi connectivity index (χ1n) is 20.4. The minimum absolute atomic E-state index is 0.00911. The molecular formula is C37H48F26N2O2. The molecule has 30 heteroatoms. The minimum atomic E-state index is -7.94. The fourth-order valence-electron chi connectivity index (χ4n) is 6.06. The van der Waals surface area contributed by atoms with E-state index in [0.29, 0.717) is 57.8 Å². The van der Waals surface area contributed by atoms with Crippen molar-refractivity contribution >= 4 is 11.8 Å². The van der Waals surface area contributed by atoms with E-state index in [1.807, 2.05) is 0 Å². The molecule has 0 heterocycles. The van der Waals surface area contributed by atoms with E-state index in [4.69, 9.17) is 0 Å². The third-order valence-electron chi connectivity index (χ3n) is 10.4. The lowest BCUT2D eigenvalue weighted by atomic mass is 9.91. The number of unbranched alkanes of at least 4 members (excludes halogenated alkanes) is 15. The molecule has 0 aromatic carbocycles. The number of hydrogen-bond donors (Lipinski definition) is 2. The molecule has 4 nitrogen and oxygen atoms in total. The van der Waals surface area contributed by atoms with Gasteiger partial charge in [0.15, 0.2) is 0 Å². The average Bonchev–Trinajstić information content (AvgIpc) is 3.17. The molecule has 0 bridgehead atoms. The first kappa shape index (κ1) is 64.1. The van der Waals surface area contributed by atoms with Crippen molar-refractivity contribution in [1.29, 1.82) is 0 Å². The van der Waals surface area contributed by atoms with Gasteiger partial charge in [-0.3, -0.25) is 9.59 Å². The van der Waals surface area contributed by atoms with E-state index < -0.39 is 115 Å². The second-order valence-electron chi connectivity index (χ2n) is 15.8. The molecule has 1 unspecified atom stereocenters. The van der Waals surface area contributed by atoms with Crippen molar-refractivity contribution < 1.29 is 124 Å². The molecule has 0 saturated carbocycles. The quantitative estimate of drug-likeness (QED) is 0.0508. The third kappa shape index (κ3) is 15.1. The predicted molar refractivity (Wildman–Crippen MR) is 185 cm³/mol. The van der Waals surface area contributed by atoms with Gasteiger partial charge in [0.2, 0.25) is 11.8 Å². The maximum absolute atomic E-state index is 13.9. The summed E-state index contributed by atoms with van der Waals surface area (Å²) in [7, 11) is 0. The molecule has 400 valence electrons. The number of nitrogens with one attached hydrogen (secondary N) is 2. The predicted octanol–water partition coefficient (Wildman–Crippen LogP) is 14.9. The zero-order valence-electron chi connectivity index (χ0n) is 35.1. The van der Waals surface area contributed by atoms with Gasteiger partial charge in [0, 0.05) is 25.8 Å². The Kier molecular flexibility index (Phi) is 22.8. The van der Waals surface area contributed by atoms with Crippen molar-refractivity contribution in [3.63, 3.8) is 0 Å². The molecule has 0 aliphatic rings. The minimum Gasteiger partial charge on any atom is -0.354 e.